The molecule has 0 saturated carbocycles. The van der Waals surface area contributed by atoms with Gasteiger partial charge in [0, 0.05) is 6.54 Å². The van der Waals surface area contributed by atoms with E-state index in [2.05, 4.69) is 29.7 Å². The maximum absolute atomic E-state index is 5.80. The van der Waals surface area contributed by atoms with Crippen LogP contribution in [0.2, 0.25) is 0 Å². The Morgan fingerprint density at radius 1 is 1.62 bits per heavy atom. The highest BCUT2D eigenvalue weighted by molar-refractivity contribution is 5.68. The molecule has 16 heavy (non-hydrogen) atoms. The third-order valence-electron chi connectivity index (χ3n) is 3.18. The van der Waals surface area contributed by atoms with Gasteiger partial charge in [0.15, 0.2) is 0 Å². The van der Waals surface area contributed by atoms with Crippen LogP contribution in [0.3, 0.4) is 0 Å². The number of ether oxygens (including phenoxy) is 1. The van der Waals surface area contributed by atoms with E-state index in [-0.39, 0.29) is 0 Å². The first kappa shape index (κ1) is 11.2. The second-order valence-corrected chi connectivity index (χ2v) is 4.15. The standard InChI is InChI=1S/C12H19N3O/c1-4-9-6-5-8(2)15-11(9)10(7-13)12(14-15)16-3/h6,8H,4-5,7,13H2,1-3H3. The lowest BCUT2D eigenvalue weighted by Gasteiger charge is -2.21. The molecule has 1 aliphatic heterocycles. The zero-order valence-corrected chi connectivity index (χ0v) is 10.2. The van der Waals surface area contributed by atoms with Gasteiger partial charge in [0.1, 0.15) is 0 Å². The number of hydrogen-bond donors (Lipinski definition) is 1. The van der Waals surface area contributed by atoms with Crippen LogP contribution in [0, 0.1) is 0 Å². The fourth-order valence-electron chi connectivity index (χ4n) is 2.28. The van der Waals surface area contributed by atoms with E-state index in [0.717, 1.165) is 18.4 Å². The van der Waals surface area contributed by atoms with Crippen molar-refractivity contribution in [2.75, 3.05) is 7.11 Å². The number of allylic oxidation sites excluding steroid dienone is 2. The minimum absolute atomic E-state index is 0.388. The average Bonchev–Trinajstić information content (AvgIpc) is 2.69. The molecule has 0 aromatic carbocycles. The number of aromatic nitrogens is 2. The van der Waals surface area contributed by atoms with E-state index in [4.69, 9.17) is 10.5 Å². The Morgan fingerprint density at radius 2 is 2.38 bits per heavy atom. The van der Waals surface area contributed by atoms with Crippen molar-refractivity contribution in [3.05, 3.63) is 17.3 Å². The van der Waals surface area contributed by atoms with Crippen LogP contribution in [0.5, 0.6) is 5.88 Å². The van der Waals surface area contributed by atoms with E-state index in [1.807, 2.05) is 0 Å². The zero-order valence-electron chi connectivity index (χ0n) is 10.2. The fraction of sp³-hybridized carbons (Fsp3) is 0.583. The van der Waals surface area contributed by atoms with Gasteiger partial charge >= 0.3 is 0 Å². The summed E-state index contributed by atoms with van der Waals surface area (Å²) in [4.78, 5) is 0. The van der Waals surface area contributed by atoms with Gasteiger partial charge in [-0.2, -0.15) is 0 Å². The quantitative estimate of drug-likeness (QED) is 0.850. The Balaban J connectivity index is 2.60. The highest BCUT2D eigenvalue weighted by Crippen LogP contribution is 2.35. The molecular weight excluding hydrogens is 202 g/mol. The molecule has 0 bridgehead atoms. The van der Waals surface area contributed by atoms with Crippen molar-refractivity contribution >= 4 is 5.57 Å². The maximum atomic E-state index is 5.80. The summed E-state index contributed by atoms with van der Waals surface area (Å²) in [6.07, 6.45) is 4.33. The number of hydrogen-bond acceptors (Lipinski definition) is 3. The van der Waals surface area contributed by atoms with E-state index in [1.165, 1.54) is 11.3 Å². The number of nitrogens with two attached hydrogens (primary N) is 1. The number of rotatable bonds is 3. The third-order valence-corrected chi connectivity index (χ3v) is 3.18. The van der Waals surface area contributed by atoms with Crippen molar-refractivity contribution in [3.63, 3.8) is 0 Å². The Bertz CT molecular complexity index is 420. The van der Waals surface area contributed by atoms with Gasteiger partial charge in [0.2, 0.25) is 5.88 Å². The minimum atomic E-state index is 0.388. The van der Waals surface area contributed by atoms with Crippen LogP contribution in [-0.2, 0) is 6.54 Å². The van der Waals surface area contributed by atoms with Crippen molar-refractivity contribution in [3.8, 4) is 5.88 Å². The Morgan fingerprint density at radius 3 is 2.94 bits per heavy atom. The average molecular weight is 221 g/mol. The number of nitrogens with zero attached hydrogens (tertiary/aromatic N) is 2. The second-order valence-electron chi connectivity index (χ2n) is 4.15. The van der Waals surface area contributed by atoms with Crippen molar-refractivity contribution < 1.29 is 4.74 Å². The summed E-state index contributed by atoms with van der Waals surface area (Å²) >= 11 is 0. The lowest BCUT2D eigenvalue weighted by Crippen LogP contribution is -2.15. The normalized spacial score (nSPS) is 19.2. The van der Waals surface area contributed by atoms with Crippen LogP contribution in [0.15, 0.2) is 6.08 Å². The molecule has 2 rings (SSSR count). The molecule has 4 nitrogen and oxygen atoms in total. The summed E-state index contributed by atoms with van der Waals surface area (Å²) in [5, 5.41) is 4.49. The molecule has 0 saturated heterocycles. The molecule has 0 fully saturated rings. The summed E-state index contributed by atoms with van der Waals surface area (Å²) in [7, 11) is 1.65. The molecule has 1 unspecified atom stereocenters. The summed E-state index contributed by atoms with van der Waals surface area (Å²) < 4.78 is 7.35. The molecule has 2 heterocycles. The van der Waals surface area contributed by atoms with Gasteiger partial charge in [-0.1, -0.05) is 13.0 Å². The Kier molecular flexibility index (Phi) is 3.01. The zero-order chi connectivity index (χ0) is 11.7. The van der Waals surface area contributed by atoms with Crippen molar-refractivity contribution in [2.24, 2.45) is 5.73 Å². The molecule has 1 aromatic heterocycles. The molecule has 2 N–H and O–H groups in total. The summed E-state index contributed by atoms with van der Waals surface area (Å²) in [6.45, 7) is 4.80. The van der Waals surface area contributed by atoms with Gasteiger partial charge in [0.25, 0.3) is 0 Å². The van der Waals surface area contributed by atoms with Crippen LogP contribution in [0.4, 0.5) is 0 Å². The molecule has 0 aliphatic carbocycles. The first-order valence-electron chi connectivity index (χ1n) is 5.77. The van der Waals surface area contributed by atoms with Crippen LogP contribution in [0.1, 0.15) is 44.0 Å². The predicted molar refractivity (Wildman–Crippen MR) is 64.3 cm³/mol. The van der Waals surface area contributed by atoms with Crippen LogP contribution in [-0.4, -0.2) is 16.9 Å². The maximum Gasteiger partial charge on any atom is 0.237 e. The molecule has 0 radical (unpaired) electrons. The van der Waals surface area contributed by atoms with Gasteiger partial charge in [-0.3, -0.25) is 4.68 Å². The van der Waals surface area contributed by atoms with Gasteiger partial charge < -0.3 is 10.5 Å². The smallest absolute Gasteiger partial charge is 0.237 e. The van der Waals surface area contributed by atoms with Crippen LogP contribution in [0.25, 0.3) is 5.57 Å². The molecular formula is C12H19N3O. The predicted octanol–water partition coefficient (Wildman–Crippen LogP) is 2.11. The lowest BCUT2D eigenvalue weighted by molar-refractivity contribution is 0.376. The highest BCUT2D eigenvalue weighted by Gasteiger charge is 2.25. The minimum Gasteiger partial charge on any atom is -0.480 e. The van der Waals surface area contributed by atoms with E-state index >= 15 is 0 Å². The van der Waals surface area contributed by atoms with E-state index in [0.29, 0.717) is 18.5 Å². The van der Waals surface area contributed by atoms with Crippen molar-refractivity contribution in [1.29, 1.82) is 0 Å². The first-order valence-corrected chi connectivity index (χ1v) is 5.77. The van der Waals surface area contributed by atoms with Crippen LogP contribution >= 0.6 is 0 Å². The van der Waals surface area contributed by atoms with Gasteiger partial charge in [-0.15, -0.1) is 5.10 Å². The van der Waals surface area contributed by atoms with Gasteiger partial charge in [0.05, 0.1) is 24.4 Å². The molecule has 88 valence electrons. The summed E-state index contributed by atoms with van der Waals surface area (Å²) in [5.41, 5.74) is 9.32. The molecule has 1 atom stereocenters. The van der Waals surface area contributed by atoms with E-state index in [1.54, 1.807) is 7.11 Å². The van der Waals surface area contributed by atoms with E-state index in [9.17, 15) is 0 Å². The van der Waals surface area contributed by atoms with E-state index < -0.39 is 0 Å². The molecule has 0 spiro atoms. The molecule has 4 heteroatoms. The summed E-state index contributed by atoms with van der Waals surface area (Å²) in [5.74, 6) is 0.672. The second kappa shape index (κ2) is 4.29. The fourth-order valence-corrected chi connectivity index (χ4v) is 2.28. The number of fused-ring (bicyclic) bond motifs is 1. The van der Waals surface area contributed by atoms with Crippen molar-refractivity contribution in [1.82, 2.24) is 9.78 Å². The van der Waals surface area contributed by atoms with Gasteiger partial charge in [-0.25, -0.2) is 0 Å². The third kappa shape index (κ3) is 1.53. The SMILES string of the molecule is CCC1=CCC(C)n2nc(OC)c(CN)c21. The molecule has 0 amide bonds. The topological polar surface area (TPSA) is 53.1 Å². The lowest BCUT2D eigenvalue weighted by atomic mass is 9.99. The Labute approximate surface area is 96.1 Å². The monoisotopic (exact) mass is 221 g/mol. The number of methoxy groups -OCH3 is 1. The highest BCUT2D eigenvalue weighted by atomic mass is 16.5. The first-order chi connectivity index (χ1) is 7.72. The van der Waals surface area contributed by atoms with Crippen LogP contribution < -0.4 is 10.5 Å². The summed E-state index contributed by atoms with van der Waals surface area (Å²) in [6, 6.07) is 0.388. The van der Waals surface area contributed by atoms with Crippen molar-refractivity contribution in [2.45, 2.75) is 39.3 Å². The Hall–Kier alpha value is -1.29. The molecule has 1 aliphatic rings. The molecule has 1 aromatic rings. The largest absolute Gasteiger partial charge is 0.480 e. The van der Waals surface area contributed by atoms with Gasteiger partial charge in [-0.05, 0) is 25.3 Å².